The van der Waals surface area contributed by atoms with Gasteiger partial charge in [-0.3, -0.25) is 0 Å². The maximum absolute atomic E-state index is 11.4. The predicted octanol–water partition coefficient (Wildman–Crippen LogP) is 3.52. The third-order valence-corrected chi connectivity index (χ3v) is 9.71. The number of nitrogens with zero attached hydrogens (tertiary/aromatic N) is 1. The zero-order valence-corrected chi connectivity index (χ0v) is 36.7. The predicted molar refractivity (Wildman–Crippen MR) is 202 cm³/mol. The molecule has 51 heavy (non-hydrogen) atoms. The van der Waals surface area contributed by atoms with Crippen molar-refractivity contribution in [2.75, 3.05) is 40.5 Å². The number of likely N-dealkylation sites (N-methyl/N-ethyl adjacent to an activating group) is 1. The average molecular weight is 748 g/mol. The van der Waals surface area contributed by atoms with E-state index in [1.54, 1.807) is 0 Å². The van der Waals surface area contributed by atoms with Crippen molar-refractivity contribution in [3.05, 3.63) is 107 Å². The first-order chi connectivity index (χ1) is 22.7. The van der Waals surface area contributed by atoms with Crippen LogP contribution in [-0.4, -0.2) is 57.9 Å². The number of benzene rings is 2. The van der Waals surface area contributed by atoms with Gasteiger partial charge in [0.1, 0.15) is 35.6 Å². The minimum atomic E-state index is -4.44. The molecule has 276 valence electrons. The summed E-state index contributed by atoms with van der Waals surface area (Å²) in [6, 6.07) is 26.5. The quantitative estimate of drug-likeness (QED) is 0.0907. The molecule has 0 saturated carbocycles. The molecule has 0 radical (unpaired) electrons. The third kappa shape index (κ3) is 15.1. The van der Waals surface area contributed by atoms with E-state index >= 15 is 0 Å². The first kappa shape index (κ1) is 47.1. The number of aryl methyl sites for hydroxylation is 2. The second kappa shape index (κ2) is 19.9. The molecule has 0 fully saturated rings. The van der Waals surface area contributed by atoms with Crippen LogP contribution in [0.25, 0.3) is 11.1 Å². The fraction of sp³-hybridized carbons (Fsp3) is 0.476. The van der Waals surface area contributed by atoms with Crippen LogP contribution in [-0.2, 0) is 26.8 Å². The van der Waals surface area contributed by atoms with E-state index in [1.807, 2.05) is 32.0 Å². The fourth-order valence-electron chi connectivity index (χ4n) is 6.56. The summed E-state index contributed by atoms with van der Waals surface area (Å²) in [7, 11) is 0.0469. The normalized spacial score (nSPS) is 12.1. The molecule has 0 unspecified atom stereocenters. The van der Waals surface area contributed by atoms with E-state index in [4.69, 9.17) is 9.47 Å². The molecular formula is C42H59ClNNaO5S. The molecule has 0 bridgehead atoms. The third-order valence-electron chi connectivity index (χ3n) is 8.85. The van der Waals surface area contributed by atoms with Gasteiger partial charge in [-0.25, -0.2) is 8.42 Å². The maximum atomic E-state index is 11.4. The molecule has 0 aromatic heterocycles. The summed E-state index contributed by atoms with van der Waals surface area (Å²) in [5.41, 5.74) is 7.35. The van der Waals surface area contributed by atoms with Gasteiger partial charge in [0.05, 0.1) is 32.2 Å². The first-order valence-corrected chi connectivity index (χ1v) is 18.8. The molecule has 0 amide bonds. The van der Waals surface area contributed by atoms with Crippen molar-refractivity contribution in [3.63, 3.8) is 0 Å². The number of quaternary nitrogens is 1. The summed E-state index contributed by atoms with van der Waals surface area (Å²) in [6.45, 7) is 23.3. The Balaban J connectivity index is 0.000000536. The standard InChI is InChI=1S/C27H42NO2.C15H18O3S.ClH.Na/c1-26(2,3)22-27(4,5)24-13-15-25(16-14-24)30-20-19-29-18-17-28(6,7)21-23-11-9-8-10-12-23;1-9(2)12-6-5-10(3)15-13(8-12)11(4)7-14(15)19(16,17)18;;/h8-16H,17-22H2,1-7H3;5-9H,1-4H3,(H,16,17,18);1H;/q+1;;;+1/p-2. The Morgan fingerprint density at radius 3 is 1.96 bits per heavy atom. The molecule has 0 aliphatic heterocycles. The van der Waals surface area contributed by atoms with Gasteiger partial charge >= 0.3 is 29.6 Å². The molecule has 2 aromatic rings. The van der Waals surface area contributed by atoms with Crippen LogP contribution < -0.4 is 46.7 Å². The van der Waals surface area contributed by atoms with Crippen LogP contribution in [0.5, 0.6) is 5.75 Å². The van der Waals surface area contributed by atoms with Crippen LogP contribution in [0, 0.1) is 19.3 Å². The van der Waals surface area contributed by atoms with E-state index in [0.717, 1.165) is 58.6 Å². The molecule has 0 spiro atoms. The summed E-state index contributed by atoms with van der Waals surface area (Å²) in [6.07, 6.45) is 1.15. The number of ether oxygens (including phenoxy) is 2. The fourth-order valence-corrected chi connectivity index (χ4v) is 7.41. The molecular weight excluding hydrogens is 689 g/mol. The van der Waals surface area contributed by atoms with Crippen LogP contribution >= 0.6 is 0 Å². The monoisotopic (exact) mass is 747 g/mol. The summed E-state index contributed by atoms with van der Waals surface area (Å²) in [4.78, 5) is -0.108. The van der Waals surface area contributed by atoms with Gasteiger partial charge in [0.25, 0.3) is 0 Å². The van der Waals surface area contributed by atoms with Gasteiger partial charge in [-0.15, -0.1) is 0 Å². The molecule has 2 aromatic carbocycles. The number of halogens is 1. The van der Waals surface area contributed by atoms with E-state index in [0.29, 0.717) is 30.1 Å². The topological polar surface area (TPSA) is 75.7 Å². The molecule has 0 heterocycles. The minimum absolute atomic E-state index is 0. The summed E-state index contributed by atoms with van der Waals surface area (Å²) in [5, 5.41) is 0. The molecule has 0 atom stereocenters. The van der Waals surface area contributed by atoms with E-state index in [-0.39, 0.29) is 52.3 Å². The second-order valence-electron chi connectivity index (χ2n) is 16.2. The largest absolute Gasteiger partial charge is 1.00 e. The average Bonchev–Trinajstić information content (AvgIpc) is 3.22. The van der Waals surface area contributed by atoms with Crippen LogP contribution in [0.1, 0.15) is 88.6 Å². The summed E-state index contributed by atoms with van der Waals surface area (Å²) >= 11 is 0. The van der Waals surface area contributed by atoms with E-state index < -0.39 is 10.1 Å². The smallest absolute Gasteiger partial charge is 1.00 e. The Hall–Kier alpha value is -1.94. The van der Waals surface area contributed by atoms with Crippen molar-refractivity contribution in [3.8, 4) is 16.9 Å². The van der Waals surface area contributed by atoms with Crippen LogP contribution in [0.3, 0.4) is 0 Å². The summed E-state index contributed by atoms with van der Waals surface area (Å²) in [5.74, 6) is 1.26. The van der Waals surface area contributed by atoms with Gasteiger partial charge in [0.15, 0.2) is 0 Å². The van der Waals surface area contributed by atoms with Crippen molar-refractivity contribution in [2.24, 2.45) is 5.41 Å². The van der Waals surface area contributed by atoms with Crippen molar-refractivity contribution in [2.45, 2.75) is 91.5 Å². The van der Waals surface area contributed by atoms with Gasteiger partial charge in [-0.1, -0.05) is 109 Å². The zero-order chi connectivity index (χ0) is 36.6. The van der Waals surface area contributed by atoms with Crippen molar-refractivity contribution >= 4 is 10.1 Å². The van der Waals surface area contributed by atoms with Crippen LogP contribution in [0.2, 0.25) is 0 Å². The molecule has 0 N–H and O–H groups in total. The van der Waals surface area contributed by atoms with E-state index in [1.165, 1.54) is 17.2 Å². The molecule has 9 heteroatoms. The Kier molecular flexibility index (Phi) is 18.4. The van der Waals surface area contributed by atoms with Gasteiger partial charge < -0.3 is 30.9 Å². The molecule has 4 rings (SSSR count). The van der Waals surface area contributed by atoms with E-state index in [2.05, 4.69) is 117 Å². The number of fused-ring (bicyclic) bond motifs is 1. The molecule has 0 saturated heterocycles. The van der Waals surface area contributed by atoms with Gasteiger partial charge in [0.2, 0.25) is 0 Å². The first-order valence-electron chi connectivity index (χ1n) is 17.4. The molecule has 2 aliphatic carbocycles. The van der Waals surface area contributed by atoms with E-state index in [9.17, 15) is 13.0 Å². The number of hydrogen-bond donors (Lipinski definition) is 0. The van der Waals surface area contributed by atoms with Crippen molar-refractivity contribution in [1.29, 1.82) is 0 Å². The van der Waals surface area contributed by atoms with Gasteiger partial charge in [-0.2, -0.15) is 0 Å². The minimum Gasteiger partial charge on any atom is -1.00 e. The van der Waals surface area contributed by atoms with Crippen molar-refractivity contribution < 1.29 is 68.9 Å². The van der Waals surface area contributed by atoms with Gasteiger partial charge in [-0.05, 0) is 83.0 Å². The SMILES string of the molecule is CC(C)(C)CC(C)(C)c1ccc(OCCOCC[N+](C)(C)Cc2ccccc2)cc1.Cc1cc(S(=O)(=O)[O-])c2c(C)ccc(C(C)C)cc1-2.[Cl-].[Na+]. The maximum Gasteiger partial charge on any atom is 1.00 e. The van der Waals surface area contributed by atoms with Crippen LogP contribution in [0.4, 0.5) is 0 Å². The number of rotatable bonds is 13. The Morgan fingerprint density at radius 2 is 1.41 bits per heavy atom. The molecule has 2 aliphatic rings. The van der Waals surface area contributed by atoms with Crippen LogP contribution in [0.15, 0.2) is 83.8 Å². The Labute approximate surface area is 337 Å². The molecule has 6 nitrogen and oxygen atoms in total. The van der Waals surface area contributed by atoms with Crippen molar-refractivity contribution in [1.82, 2.24) is 0 Å². The summed E-state index contributed by atoms with van der Waals surface area (Å²) < 4.78 is 46.7. The second-order valence-corrected chi connectivity index (χ2v) is 17.5. The zero-order valence-electron chi connectivity index (χ0n) is 33.1. The number of hydrogen-bond acceptors (Lipinski definition) is 5. The van der Waals surface area contributed by atoms with Gasteiger partial charge in [0, 0.05) is 11.1 Å². The Bertz CT molecular complexity index is 1720. The Morgan fingerprint density at radius 1 is 0.804 bits per heavy atom.